The summed E-state index contributed by atoms with van der Waals surface area (Å²) in [6.07, 6.45) is 0. The van der Waals surface area contributed by atoms with Crippen LogP contribution < -0.4 is 5.32 Å². The van der Waals surface area contributed by atoms with Crippen LogP contribution in [0, 0.1) is 5.82 Å². The number of carbonyl (C=O) groups excluding carboxylic acids is 1. The molecule has 0 saturated carbocycles. The standard InChI is InChI=1S/C14H8Br2FNO3/c15-7-4-5-11(9(6-7)14(20)21)18-13(19)8-2-1-3-10(16)12(8)17/h1-6H,(H,18,19)(H,20,21). The van der Waals surface area contributed by atoms with Gasteiger partial charge in [0, 0.05) is 4.47 Å². The van der Waals surface area contributed by atoms with Crippen molar-refractivity contribution in [3.05, 3.63) is 62.3 Å². The van der Waals surface area contributed by atoms with E-state index in [9.17, 15) is 14.0 Å². The number of carboxylic acids is 1. The minimum atomic E-state index is -1.19. The number of amides is 1. The van der Waals surface area contributed by atoms with Crippen molar-refractivity contribution >= 4 is 49.4 Å². The average Bonchev–Trinajstić information content (AvgIpc) is 2.43. The summed E-state index contributed by atoms with van der Waals surface area (Å²) in [6.45, 7) is 0. The van der Waals surface area contributed by atoms with Crippen LogP contribution in [-0.4, -0.2) is 17.0 Å². The number of halogens is 3. The molecule has 2 aromatic rings. The number of hydrogen-bond donors (Lipinski definition) is 2. The molecule has 0 aliphatic rings. The molecule has 4 nitrogen and oxygen atoms in total. The molecule has 0 radical (unpaired) electrons. The molecule has 0 aromatic heterocycles. The second kappa shape index (κ2) is 6.36. The number of carbonyl (C=O) groups is 2. The van der Waals surface area contributed by atoms with Gasteiger partial charge in [-0.1, -0.05) is 22.0 Å². The first-order valence-corrected chi connectivity index (χ1v) is 7.27. The molecular weight excluding hydrogens is 409 g/mol. The molecular formula is C14H8Br2FNO3. The van der Waals surface area contributed by atoms with Crippen LogP contribution >= 0.6 is 31.9 Å². The maximum absolute atomic E-state index is 13.8. The second-order valence-electron chi connectivity index (χ2n) is 4.05. The van der Waals surface area contributed by atoms with Gasteiger partial charge < -0.3 is 10.4 Å². The monoisotopic (exact) mass is 415 g/mol. The zero-order valence-corrected chi connectivity index (χ0v) is 13.5. The Hall–Kier alpha value is -1.73. The molecule has 108 valence electrons. The van der Waals surface area contributed by atoms with Gasteiger partial charge in [-0.2, -0.15) is 0 Å². The van der Waals surface area contributed by atoms with Crippen molar-refractivity contribution in [2.45, 2.75) is 0 Å². The van der Waals surface area contributed by atoms with E-state index in [1.165, 1.54) is 30.3 Å². The second-order valence-corrected chi connectivity index (χ2v) is 5.82. The number of rotatable bonds is 3. The molecule has 0 unspecified atom stereocenters. The molecule has 2 aromatic carbocycles. The lowest BCUT2D eigenvalue weighted by atomic mass is 10.1. The maximum Gasteiger partial charge on any atom is 0.337 e. The Labute approximate surface area is 136 Å². The van der Waals surface area contributed by atoms with Crippen LogP contribution in [0.5, 0.6) is 0 Å². The molecule has 0 saturated heterocycles. The van der Waals surface area contributed by atoms with Gasteiger partial charge >= 0.3 is 5.97 Å². The van der Waals surface area contributed by atoms with E-state index in [0.29, 0.717) is 4.47 Å². The topological polar surface area (TPSA) is 66.4 Å². The van der Waals surface area contributed by atoms with Crippen LogP contribution in [0.15, 0.2) is 45.3 Å². The third-order valence-corrected chi connectivity index (χ3v) is 3.76. The first kappa shape index (κ1) is 15.7. The Morgan fingerprint density at radius 3 is 2.48 bits per heavy atom. The predicted molar refractivity (Wildman–Crippen MR) is 83.2 cm³/mol. The highest BCUT2D eigenvalue weighted by molar-refractivity contribution is 9.10. The highest BCUT2D eigenvalue weighted by Crippen LogP contribution is 2.23. The van der Waals surface area contributed by atoms with Gasteiger partial charge in [0.05, 0.1) is 21.3 Å². The first-order chi connectivity index (χ1) is 9.90. The summed E-state index contributed by atoms with van der Waals surface area (Å²) in [7, 11) is 0. The Bertz CT molecular complexity index is 734. The number of aromatic carboxylic acids is 1. The molecule has 2 N–H and O–H groups in total. The number of anilines is 1. The first-order valence-electron chi connectivity index (χ1n) is 5.68. The lowest BCUT2D eigenvalue weighted by Crippen LogP contribution is -2.16. The lowest BCUT2D eigenvalue weighted by Gasteiger charge is -2.10. The van der Waals surface area contributed by atoms with Gasteiger partial charge in [-0.05, 0) is 46.3 Å². The van der Waals surface area contributed by atoms with Gasteiger partial charge in [-0.15, -0.1) is 0 Å². The summed E-state index contributed by atoms with van der Waals surface area (Å²) in [5.74, 6) is -2.62. The van der Waals surface area contributed by atoms with Crippen molar-refractivity contribution < 1.29 is 19.1 Å². The number of carboxylic acid groups (broad SMARTS) is 1. The van der Waals surface area contributed by atoms with Crippen molar-refractivity contribution in [2.75, 3.05) is 5.32 Å². The van der Waals surface area contributed by atoms with E-state index in [-0.39, 0.29) is 21.3 Å². The van der Waals surface area contributed by atoms with Gasteiger partial charge in [-0.25, -0.2) is 9.18 Å². The summed E-state index contributed by atoms with van der Waals surface area (Å²) in [5.41, 5.74) is -0.174. The van der Waals surface area contributed by atoms with Crippen molar-refractivity contribution in [1.29, 1.82) is 0 Å². The molecule has 0 aliphatic carbocycles. The largest absolute Gasteiger partial charge is 0.478 e. The normalized spacial score (nSPS) is 10.2. The quantitative estimate of drug-likeness (QED) is 0.783. The van der Waals surface area contributed by atoms with Crippen molar-refractivity contribution in [1.82, 2.24) is 0 Å². The fraction of sp³-hybridized carbons (Fsp3) is 0. The molecule has 0 atom stereocenters. The molecule has 0 heterocycles. The minimum absolute atomic E-state index is 0.0897. The molecule has 1 amide bonds. The summed E-state index contributed by atoms with van der Waals surface area (Å²) >= 11 is 6.15. The molecule has 0 spiro atoms. The zero-order valence-electron chi connectivity index (χ0n) is 10.4. The summed E-state index contributed by atoms with van der Waals surface area (Å²) < 4.78 is 14.6. The third kappa shape index (κ3) is 3.48. The maximum atomic E-state index is 13.8. The fourth-order valence-corrected chi connectivity index (χ4v) is 2.40. The van der Waals surface area contributed by atoms with Gasteiger partial charge in [0.15, 0.2) is 0 Å². The van der Waals surface area contributed by atoms with Gasteiger partial charge in [0.25, 0.3) is 5.91 Å². The van der Waals surface area contributed by atoms with E-state index in [1.807, 2.05) is 0 Å². The van der Waals surface area contributed by atoms with Crippen LogP contribution in [0.2, 0.25) is 0 Å². The number of benzene rings is 2. The van der Waals surface area contributed by atoms with Crippen molar-refractivity contribution in [2.24, 2.45) is 0 Å². The Morgan fingerprint density at radius 1 is 1.10 bits per heavy atom. The van der Waals surface area contributed by atoms with E-state index < -0.39 is 17.7 Å². The van der Waals surface area contributed by atoms with Crippen LogP contribution in [0.3, 0.4) is 0 Å². The van der Waals surface area contributed by atoms with Crippen LogP contribution in [0.4, 0.5) is 10.1 Å². The average molecular weight is 417 g/mol. The summed E-state index contributed by atoms with van der Waals surface area (Å²) in [4.78, 5) is 23.2. The molecule has 21 heavy (non-hydrogen) atoms. The van der Waals surface area contributed by atoms with E-state index in [2.05, 4.69) is 37.2 Å². The van der Waals surface area contributed by atoms with E-state index in [4.69, 9.17) is 5.11 Å². The minimum Gasteiger partial charge on any atom is -0.478 e. The Balaban J connectivity index is 2.36. The number of hydrogen-bond acceptors (Lipinski definition) is 2. The van der Waals surface area contributed by atoms with E-state index >= 15 is 0 Å². The highest BCUT2D eigenvalue weighted by atomic mass is 79.9. The number of nitrogens with one attached hydrogen (secondary N) is 1. The highest BCUT2D eigenvalue weighted by Gasteiger charge is 2.17. The van der Waals surface area contributed by atoms with Crippen LogP contribution in [0.25, 0.3) is 0 Å². The zero-order chi connectivity index (χ0) is 15.6. The van der Waals surface area contributed by atoms with Gasteiger partial charge in [-0.3, -0.25) is 4.79 Å². The Kier molecular flexibility index (Phi) is 4.74. The molecule has 0 fully saturated rings. The van der Waals surface area contributed by atoms with Crippen LogP contribution in [-0.2, 0) is 0 Å². The smallest absolute Gasteiger partial charge is 0.337 e. The van der Waals surface area contributed by atoms with Crippen molar-refractivity contribution in [3.63, 3.8) is 0 Å². The fourth-order valence-electron chi connectivity index (χ4n) is 1.67. The van der Waals surface area contributed by atoms with Gasteiger partial charge in [0.2, 0.25) is 0 Å². The van der Waals surface area contributed by atoms with Crippen LogP contribution in [0.1, 0.15) is 20.7 Å². The Morgan fingerprint density at radius 2 is 1.81 bits per heavy atom. The van der Waals surface area contributed by atoms with E-state index in [1.54, 1.807) is 6.07 Å². The summed E-state index contributed by atoms with van der Waals surface area (Å²) in [6, 6.07) is 8.67. The molecule has 0 bridgehead atoms. The van der Waals surface area contributed by atoms with Gasteiger partial charge in [0.1, 0.15) is 5.82 Å². The van der Waals surface area contributed by atoms with E-state index in [0.717, 1.165) is 0 Å². The lowest BCUT2D eigenvalue weighted by molar-refractivity contribution is 0.0698. The molecule has 7 heteroatoms. The SMILES string of the molecule is O=C(O)c1cc(Br)ccc1NC(=O)c1cccc(Br)c1F. The van der Waals surface area contributed by atoms with Crippen molar-refractivity contribution in [3.8, 4) is 0 Å². The summed E-state index contributed by atoms with van der Waals surface area (Å²) in [5, 5.41) is 11.5. The molecule has 2 rings (SSSR count). The predicted octanol–water partition coefficient (Wildman–Crippen LogP) is 4.30. The third-order valence-electron chi connectivity index (χ3n) is 2.66. The molecule has 0 aliphatic heterocycles.